The van der Waals surface area contributed by atoms with Crippen molar-refractivity contribution in [3.8, 4) is 10.6 Å². The lowest BCUT2D eigenvalue weighted by Crippen LogP contribution is -2.15. The van der Waals surface area contributed by atoms with E-state index in [1.54, 1.807) is 29.2 Å². The fraction of sp³-hybridized carbons (Fsp3) is 0.286. The van der Waals surface area contributed by atoms with Gasteiger partial charge in [0.1, 0.15) is 0 Å². The maximum absolute atomic E-state index is 12.2. The fourth-order valence-corrected chi connectivity index (χ4v) is 3.48. The predicted octanol–water partition coefficient (Wildman–Crippen LogP) is 3.31. The highest BCUT2D eigenvalue weighted by Gasteiger charge is 2.13. The minimum Gasteiger partial charge on any atom is -0.288 e. The molecule has 0 fully saturated rings. The molecule has 20 heavy (non-hydrogen) atoms. The second kappa shape index (κ2) is 5.46. The van der Waals surface area contributed by atoms with Gasteiger partial charge in [-0.3, -0.25) is 9.89 Å². The molecular weight excluding hydrogens is 290 g/mol. The number of hydrogen-bond acceptors (Lipinski definition) is 4. The molecule has 0 bridgehead atoms. The largest absolute Gasteiger partial charge is 0.288 e. The van der Waals surface area contributed by atoms with Crippen LogP contribution in [0.3, 0.4) is 0 Å². The lowest BCUT2D eigenvalue weighted by molar-refractivity contribution is 0.892. The molecule has 0 aliphatic carbocycles. The van der Waals surface area contributed by atoms with Crippen LogP contribution in [0.1, 0.15) is 18.2 Å². The molecule has 3 heterocycles. The van der Waals surface area contributed by atoms with Crippen LogP contribution in [0.15, 0.2) is 28.4 Å². The van der Waals surface area contributed by atoms with Gasteiger partial charge in [-0.05, 0) is 24.1 Å². The maximum Gasteiger partial charge on any atom is 0.272 e. The Balaban J connectivity index is 2.16. The summed E-state index contributed by atoms with van der Waals surface area (Å²) in [7, 11) is 0. The van der Waals surface area contributed by atoms with Crippen molar-refractivity contribution < 1.29 is 0 Å². The molecule has 0 atom stereocenters. The number of aromatic nitrogens is 3. The zero-order valence-corrected chi connectivity index (χ0v) is 13.0. The topological polar surface area (TPSA) is 50.2 Å². The Morgan fingerprint density at radius 2 is 2.35 bits per heavy atom. The number of fused-ring (bicyclic) bond motifs is 1. The van der Waals surface area contributed by atoms with E-state index < -0.39 is 0 Å². The first-order valence-corrected chi connectivity index (χ1v) is 8.47. The monoisotopic (exact) mass is 305 g/mol. The van der Waals surface area contributed by atoms with Crippen LogP contribution >= 0.6 is 23.1 Å². The van der Waals surface area contributed by atoms with Gasteiger partial charge in [-0.15, -0.1) is 11.3 Å². The standard InChI is InChI=1S/C14H15N3OS2/c1-3-19-8-10-7-12(18)17-14(15-10)9(2)13(16-17)11-5-4-6-20-11/h4-7,16H,3,8H2,1-2H3. The summed E-state index contributed by atoms with van der Waals surface area (Å²) >= 11 is 3.42. The minimum atomic E-state index is -0.0485. The van der Waals surface area contributed by atoms with E-state index in [0.29, 0.717) is 0 Å². The average Bonchev–Trinajstić information content (AvgIpc) is 3.05. The molecule has 0 radical (unpaired) electrons. The zero-order valence-electron chi connectivity index (χ0n) is 11.3. The van der Waals surface area contributed by atoms with Crippen molar-refractivity contribution in [2.45, 2.75) is 19.6 Å². The number of thioether (sulfide) groups is 1. The van der Waals surface area contributed by atoms with Crippen LogP contribution in [0.25, 0.3) is 16.2 Å². The zero-order chi connectivity index (χ0) is 14.1. The lowest BCUT2D eigenvalue weighted by Gasteiger charge is -1.99. The van der Waals surface area contributed by atoms with E-state index >= 15 is 0 Å². The molecule has 0 aliphatic rings. The maximum atomic E-state index is 12.2. The smallest absolute Gasteiger partial charge is 0.272 e. The summed E-state index contributed by atoms with van der Waals surface area (Å²) in [6, 6.07) is 5.66. The third-order valence-corrected chi connectivity index (χ3v) is 4.92. The predicted molar refractivity (Wildman–Crippen MR) is 85.7 cm³/mol. The summed E-state index contributed by atoms with van der Waals surface area (Å²) in [6.45, 7) is 4.11. The van der Waals surface area contributed by atoms with E-state index in [2.05, 4.69) is 17.0 Å². The molecule has 4 nitrogen and oxygen atoms in total. The van der Waals surface area contributed by atoms with Gasteiger partial charge >= 0.3 is 0 Å². The van der Waals surface area contributed by atoms with E-state index in [4.69, 9.17) is 0 Å². The van der Waals surface area contributed by atoms with Gasteiger partial charge in [0.05, 0.1) is 16.3 Å². The molecular formula is C14H15N3OS2. The van der Waals surface area contributed by atoms with Crippen molar-refractivity contribution in [3.05, 3.63) is 45.2 Å². The molecule has 0 saturated carbocycles. The highest BCUT2D eigenvalue weighted by Crippen LogP contribution is 2.27. The Morgan fingerprint density at radius 1 is 1.50 bits per heavy atom. The van der Waals surface area contributed by atoms with Crippen LogP contribution < -0.4 is 5.56 Å². The van der Waals surface area contributed by atoms with Crippen LogP contribution in [0.2, 0.25) is 0 Å². The summed E-state index contributed by atoms with van der Waals surface area (Å²) in [5, 5.41) is 5.19. The number of H-pyrrole nitrogens is 1. The highest BCUT2D eigenvalue weighted by atomic mass is 32.2. The van der Waals surface area contributed by atoms with E-state index in [0.717, 1.165) is 39.0 Å². The summed E-state index contributed by atoms with van der Waals surface area (Å²) in [5.41, 5.74) is 3.53. The van der Waals surface area contributed by atoms with Crippen LogP contribution in [-0.2, 0) is 5.75 Å². The van der Waals surface area contributed by atoms with E-state index in [1.807, 2.05) is 24.4 Å². The van der Waals surface area contributed by atoms with Gasteiger partial charge < -0.3 is 0 Å². The van der Waals surface area contributed by atoms with Gasteiger partial charge in [0.15, 0.2) is 5.65 Å². The fourth-order valence-electron chi connectivity index (χ4n) is 2.14. The number of thiophene rings is 1. The lowest BCUT2D eigenvalue weighted by atomic mass is 10.2. The summed E-state index contributed by atoms with van der Waals surface area (Å²) < 4.78 is 1.53. The first-order chi connectivity index (χ1) is 9.70. The number of nitrogens with zero attached hydrogens (tertiary/aromatic N) is 2. The summed E-state index contributed by atoms with van der Waals surface area (Å²) in [6.07, 6.45) is 0. The Kier molecular flexibility index (Phi) is 3.67. The van der Waals surface area contributed by atoms with Gasteiger partial charge in [0.25, 0.3) is 5.56 Å². The molecule has 3 rings (SSSR count). The SMILES string of the molecule is CCSCc1cc(=O)n2[nH]c(-c3cccs3)c(C)c2n1. The van der Waals surface area contributed by atoms with Crippen LogP contribution in [-0.4, -0.2) is 20.4 Å². The first-order valence-electron chi connectivity index (χ1n) is 6.43. The molecule has 3 aromatic heterocycles. The minimum absolute atomic E-state index is 0.0485. The number of rotatable bonds is 4. The third-order valence-electron chi connectivity index (χ3n) is 3.13. The second-order valence-electron chi connectivity index (χ2n) is 4.47. The molecule has 0 aromatic carbocycles. The normalized spacial score (nSPS) is 11.3. The van der Waals surface area contributed by atoms with Gasteiger partial charge in [0.2, 0.25) is 0 Å². The van der Waals surface area contributed by atoms with Crippen molar-refractivity contribution in [2.75, 3.05) is 5.75 Å². The first kappa shape index (κ1) is 13.5. The van der Waals surface area contributed by atoms with Crippen molar-refractivity contribution >= 4 is 28.7 Å². The third kappa shape index (κ3) is 2.29. The van der Waals surface area contributed by atoms with Crippen LogP contribution in [0, 0.1) is 6.92 Å². The highest BCUT2D eigenvalue weighted by molar-refractivity contribution is 7.98. The Bertz CT molecular complexity index is 787. The van der Waals surface area contributed by atoms with Crippen molar-refractivity contribution in [3.63, 3.8) is 0 Å². The van der Waals surface area contributed by atoms with E-state index in [-0.39, 0.29) is 5.56 Å². The van der Waals surface area contributed by atoms with E-state index in [1.165, 1.54) is 4.52 Å². The quantitative estimate of drug-likeness (QED) is 0.804. The summed E-state index contributed by atoms with van der Waals surface area (Å²) in [4.78, 5) is 17.9. The van der Waals surface area contributed by atoms with Gasteiger partial charge in [-0.25, -0.2) is 9.50 Å². The molecule has 0 spiro atoms. The Hall–Kier alpha value is -1.53. The Morgan fingerprint density at radius 3 is 3.05 bits per heavy atom. The van der Waals surface area contributed by atoms with Crippen LogP contribution in [0.4, 0.5) is 0 Å². The molecule has 0 amide bonds. The van der Waals surface area contributed by atoms with E-state index in [9.17, 15) is 4.79 Å². The number of hydrogen-bond donors (Lipinski definition) is 1. The Labute approximate surface area is 124 Å². The molecule has 104 valence electrons. The van der Waals surface area contributed by atoms with Crippen LogP contribution in [0.5, 0.6) is 0 Å². The molecule has 3 aromatic rings. The molecule has 0 unspecified atom stereocenters. The molecule has 0 aliphatic heterocycles. The summed E-state index contributed by atoms with van der Waals surface area (Å²) in [5.74, 6) is 1.80. The molecule has 0 saturated heterocycles. The van der Waals surface area contributed by atoms with Gasteiger partial charge in [-0.2, -0.15) is 11.8 Å². The number of aryl methyl sites for hydroxylation is 1. The van der Waals surface area contributed by atoms with Gasteiger partial charge in [0, 0.05) is 17.4 Å². The second-order valence-corrected chi connectivity index (χ2v) is 6.69. The molecule has 6 heteroatoms. The molecule has 1 N–H and O–H groups in total. The van der Waals surface area contributed by atoms with Gasteiger partial charge in [-0.1, -0.05) is 13.0 Å². The van der Waals surface area contributed by atoms with Crippen molar-refractivity contribution in [1.29, 1.82) is 0 Å². The average molecular weight is 305 g/mol. The number of nitrogens with one attached hydrogen (secondary N) is 1. The van der Waals surface area contributed by atoms with Crippen molar-refractivity contribution in [2.24, 2.45) is 0 Å². The number of aromatic amines is 1. The van der Waals surface area contributed by atoms with Crippen molar-refractivity contribution in [1.82, 2.24) is 14.6 Å².